The van der Waals surface area contributed by atoms with Crippen molar-refractivity contribution >= 4 is 5.69 Å². The van der Waals surface area contributed by atoms with Crippen LogP contribution in [0.3, 0.4) is 0 Å². The van der Waals surface area contributed by atoms with Gasteiger partial charge in [-0.3, -0.25) is 10.1 Å². The first kappa shape index (κ1) is 13.8. The van der Waals surface area contributed by atoms with E-state index < -0.39 is 4.92 Å². The molecule has 0 saturated carbocycles. The number of hydrogen-bond donors (Lipinski definition) is 2. The zero-order chi connectivity index (χ0) is 13.9. The standard InChI is InChI=1S/C13H19N3O3/c1-13(5-6-14-9-13)15-8-10-3-4-12(19-2)11(7-10)16(17)18/h3-4,7,14-15H,5-6,8-9H2,1-2H3. The van der Waals surface area contributed by atoms with Crippen molar-refractivity contribution < 1.29 is 9.66 Å². The fraction of sp³-hybridized carbons (Fsp3) is 0.538. The van der Waals surface area contributed by atoms with E-state index in [2.05, 4.69) is 17.6 Å². The minimum Gasteiger partial charge on any atom is -0.490 e. The van der Waals surface area contributed by atoms with Crippen LogP contribution in [0.1, 0.15) is 18.9 Å². The Hall–Kier alpha value is -1.66. The van der Waals surface area contributed by atoms with Gasteiger partial charge in [-0.1, -0.05) is 6.07 Å². The molecule has 6 heteroatoms. The molecule has 1 heterocycles. The Morgan fingerprint density at radius 3 is 2.95 bits per heavy atom. The van der Waals surface area contributed by atoms with Gasteiger partial charge in [-0.2, -0.15) is 0 Å². The molecule has 19 heavy (non-hydrogen) atoms. The van der Waals surface area contributed by atoms with Gasteiger partial charge in [0, 0.05) is 24.7 Å². The number of methoxy groups -OCH3 is 1. The molecule has 6 nitrogen and oxygen atoms in total. The predicted octanol–water partition coefficient (Wildman–Crippen LogP) is 1.44. The van der Waals surface area contributed by atoms with Crippen LogP contribution in [0.4, 0.5) is 5.69 Å². The average Bonchev–Trinajstić information content (AvgIpc) is 2.83. The van der Waals surface area contributed by atoms with Crippen molar-refractivity contribution in [3.05, 3.63) is 33.9 Å². The van der Waals surface area contributed by atoms with Gasteiger partial charge in [-0.05, 0) is 31.5 Å². The summed E-state index contributed by atoms with van der Waals surface area (Å²) in [4.78, 5) is 10.5. The van der Waals surface area contributed by atoms with Crippen LogP contribution in [0.2, 0.25) is 0 Å². The summed E-state index contributed by atoms with van der Waals surface area (Å²) < 4.78 is 4.99. The number of rotatable bonds is 5. The van der Waals surface area contributed by atoms with Crippen LogP contribution in [-0.2, 0) is 6.54 Å². The highest BCUT2D eigenvalue weighted by Gasteiger charge is 2.27. The van der Waals surface area contributed by atoms with E-state index in [0.717, 1.165) is 25.1 Å². The van der Waals surface area contributed by atoms with Gasteiger partial charge in [0.15, 0.2) is 5.75 Å². The van der Waals surface area contributed by atoms with E-state index in [9.17, 15) is 10.1 Å². The quantitative estimate of drug-likeness (QED) is 0.622. The van der Waals surface area contributed by atoms with Crippen LogP contribution in [-0.4, -0.2) is 30.7 Å². The van der Waals surface area contributed by atoms with Crippen molar-refractivity contribution in [2.75, 3.05) is 20.2 Å². The van der Waals surface area contributed by atoms with E-state index >= 15 is 0 Å². The highest BCUT2D eigenvalue weighted by molar-refractivity contribution is 5.48. The van der Waals surface area contributed by atoms with Gasteiger partial charge in [-0.25, -0.2) is 0 Å². The molecule has 0 bridgehead atoms. The minimum absolute atomic E-state index is 0.0106. The Bertz CT molecular complexity index is 470. The van der Waals surface area contributed by atoms with E-state index in [1.807, 2.05) is 6.07 Å². The molecule has 1 aromatic carbocycles. The average molecular weight is 265 g/mol. The first-order valence-corrected chi connectivity index (χ1v) is 6.31. The summed E-state index contributed by atoms with van der Waals surface area (Å²) >= 11 is 0. The summed E-state index contributed by atoms with van der Waals surface area (Å²) in [6.07, 6.45) is 1.06. The van der Waals surface area contributed by atoms with Gasteiger partial charge < -0.3 is 15.4 Å². The summed E-state index contributed by atoms with van der Waals surface area (Å²) in [5.74, 6) is 0.294. The van der Waals surface area contributed by atoms with Crippen LogP contribution in [0.5, 0.6) is 5.75 Å². The molecule has 2 N–H and O–H groups in total. The lowest BCUT2D eigenvalue weighted by Crippen LogP contribution is -2.43. The van der Waals surface area contributed by atoms with Crippen molar-refractivity contribution in [1.29, 1.82) is 0 Å². The van der Waals surface area contributed by atoms with Crippen molar-refractivity contribution in [2.45, 2.75) is 25.4 Å². The van der Waals surface area contributed by atoms with Crippen molar-refractivity contribution in [3.8, 4) is 5.75 Å². The SMILES string of the molecule is COc1ccc(CNC2(C)CCNC2)cc1[N+](=O)[O-]. The second kappa shape index (κ2) is 5.54. The van der Waals surface area contributed by atoms with E-state index in [1.54, 1.807) is 12.1 Å². The molecule has 0 spiro atoms. The fourth-order valence-corrected chi connectivity index (χ4v) is 2.27. The monoisotopic (exact) mass is 265 g/mol. The van der Waals surface area contributed by atoms with Gasteiger partial charge in [0.1, 0.15) is 0 Å². The molecule has 1 unspecified atom stereocenters. The van der Waals surface area contributed by atoms with Crippen molar-refractivity contribution in [3.63, 3.8) is 0 Å². The summed E-state index contributed by atoms with van der Waals surface area (Å²) in [5, 5.41) is 17.7. The van der Waals surface area contributed by atoms with Gasteiger partial charge in [-0.15, -0.1) is 0 Å². The van der Waals surface area contributed by atoms with Crippen LogP contribution in [0, 0.1) is 10.1 Å². The fourth-order valence-electron chi connectivity index (χ4n) is 2.27. The van der Waals surface area contributed by atoms with Crippen LogP contribution >= 0.6 is 0 Å². The number of benzene rings is 1. The number of nitro groups is 1. The van der Waals surface area contributed by atoms with Crippen LogP contribution in [0.15, 0.2) is 18.2 Å². The Labute approximate surface area is 112 Å². The summed E-state index contributed by atoms with van der Waals surface area (Å²) in [6.45, 7) is 4.70. The normalized spacial score (nSPS) is 22.4. The van der Waals surface area contributed by atoms with Crippen LogP contribution < -0.4 is 15.4 Å². The zero-order valence-electron chi connectivity index (χ0n) is 11.2. The molecule has 0 radical (unpaired) electrons. The first-order valence-electron chi connectivity index (χ1n) is 6.31. The molecule has 0 aromatic heterocycles. The molecule has 1 aliphatic heterocycles. The summed E-state index contributed by atoms with van der Waals surface area (Å²) in [6, 6.07) is 5.06. The lowest BCUT2D eigenvalue weighted by molar-refractivity contribution is -0.385. The zero-order valence-corrected chi connectivity index (χ0v) is 11.2. The first-order chi connectivity index (χ1) is 9.04. The maximum atomic E-state index is 11.0. The molecular formula is C13H19N3O3. The molecule has 104 valence electrons. The number of ether oxygens (including phenoxy) is 1. The molecule has 1 fully saturated rings. The Kier molecular flexibility index (Phi) is 4.01. The van der Waals surface area contributed by atoms with Gasteiger partial charge in [0.05, 0.1) is 12.0 Å². The van der Waals surface area contributed by atoms with E-state index in [1.165, 1.54) is 7.11 Å². The van der Waals surface area contributed by atoms with E-state index in [0.29, 0.717) is 12.3 Å². The molecule has 1 atom stereocenters. The van der Waals surface area contributed by atoms with Crippen LogP contribution in [0.25, 0.3) is 0 Å². The molecule has 1 aromatic rings. The predicted molar refractivity (Wildman–Crippen MR) is 72.4 cm³/mol. The third kappa shape index (κ3) is 3.21. The lowest BCUT2D eigenvalue weighted by atomic mass is 10.0. The van der Waals surface area contributed by atoms with Crippen molar-refractivity contribution in [1.82, 2.24) is 10.6 Å². The molecule has 0 aliphatic carbocycles. The number of hydrogen-bond acceptors (Lipinski definition) is 5. The Balaban J connectivity index is 2.08. The highest BCUT2D eigenvalue weighted by atomic mass is 16.6. The lowest BCUT2D eigenvalue weighted by Gasteiger charge is -2.24. The number of nitro benzene ring substituents is 1. The third-order valence-electron chi connectivity index (χ3n) is 3.53. The Morgan fingerprint density at radius 2 is 2.37 bits per heavy atom. The van der Waals surface area contributed by atoms with E-state index in [-0.39, 0.29) is 11.2 Å². The minimum atomic E-state index is -0.416. The molecule has 2 rings (SSSR count). The number of nitrogens with zero attached hydrogens (tertiary/aromatic N) is 1. The van der Waals surface area contributed by atoms with Gasteiger partial charge >= 0.3 is 5.69 Å². The van der Waals surface area contributed by atoms with Crippen molar-refractivity contribution in [2.24, 2.45) is 0 Å². The second-order valence-electron chi connectivity index (χ2n) is 5.10. The Morgan fingerprint density at radius 1 is 1.58 bits per heavy atom. The van der Waals surface area contributed by atoms with Gasteiger partial charge in [0.2, 0.25) is 0 Å². The molecule has 1 saturated heterocycles. The third-order valence-corrected chi connectivity index (χ3v) is 3.53. The summed E-state index contributed by atoms with van der Waals surface area (Å²) in [5.41, 5.74) is 0.964. The van der Waals surface area contributed by atoms with Gasteiger partial charge in [0.25, 0.3) is 0 Å². The maximum Gasteiger partial charge on any atom is 0.311 e. The highest BCUT2D eigenvalue weighted by Crippen LogP contribution is 2.27. The smallest absolute Gasteiger partial charge is 0.311 e. The largest absolute Gasteiger partial charge is 0.490 e. The molecule has 0 amide bonds. The second-order valence-corrected chi connectivity index (χ2v) is 5.10. The maximum absolute atomic E-state index is 11.0. The molecule has 1 aliphatic rings. The summed E-state index contributed by atoms with van der Waals surface area (Å²) in [7, 11) is 1.44. The molecular weight excluding hydrogens is 246 g/mol. The van der Waals surface area contributed by atoms with E-state index in [4.69, 9.17) is 4.74 Å². The number of nitrogens with one attached hydrogen (secondary N) is 2. The topological polar surface area (TPSA) is 76.4 Å².